The van der Waals surface area contributed by atoms with E-state index in [0.29, 0.717) is 0 Å². The van der Waals surface area contributed by atoms with Crippen molar-refractivity contribution in [2.24, 2.45) is 0 Å². The number of rotatable bonds is 3. The highest BCUT2D eigenvalue weighted by atomic mass is 19.2. The van der Waals surface area contributed by atoms with Crippen molar-refractivity contribution in [3.05, 3.63) is 59.2 Å². The Morgan fingerprint density at radius 2 is 1.50 bits per heavy atom. The molecule has 0 saturated heterocycles. The Labute approximate surface area is 114 Å². The van der Waals surface area contributed by atoms with Crippen LogP contribution in [0.15, 0.2) is 30.3 Å². The minimum atomic E-state index is -1.56. The summed E-state index contributed by atoms with van der Waals surface area (Å²) in [7, 11) is 1.74. The largest absolute Gasteiger partial charge is 0.313 e. The van der Waals surface area contributed by atoms with Crippen molar-refractivity contribution in [1.29, 1.82) is 0 Å². The molecule has 1 unspecified atom stereocenters. The molecule has 0 aliphatic carbocycles. The van der Waals surface area contributed by atoms with Gasteiger partial charge in [0.15, 0.2) is 17.5 Å². The minimum absolute atomic E-state index is 0.0300. The average Bonchev–Trinajstić information content (AvgIpc) is 2.44. The Bertz CT molecular complexity index is 617. The molecule has 0 heterocycles. The first kappa shape index (κ1) is 14.5. The summed E-state index contributed by atoms with van der Waals surface area (Å²) >= 11 is 0. The van der Waals surface area contributed by atoms with E-state index in [1.54, 1.807) is 13.1 Å². The van der Waals surface area contributed by atoms with Gasteiger partial charge >= 0.3 is 0 Å². The predicted octanol–water partition coefficient (Wildman–Crippen LogP) is 4.19. The SMILES string of the molecule is CNC(C)c1ccc(F)c(-c2cc(F)c(F)c(F)c2)c1. The summed E-state index contributed by atoms with van der Waals surface area (Å²) in [6.45, 7) is 1.86. The second-order valence-electron chi connectivity index (χ2n) is 4.50. The maximum absolute atomic E-state index is 13.8. The van der Waals surface area contributed by atoms with Crippen molar-refractivity contribution in [2.75, 3.05) is 7.05 Å². The summed E-state index contributed by atoms with van der Waals surface area (Å²) in [5, 5.41) is 2.98. The van der Waals surface area contributed by atoms with Gasteiger partial charge < -0.3 is 5.32 Å². The third-order valence-corrected chi connectivity index (χ3v) is 3.22. The summed E-state index contributed by atoms with van der Waals surface area (Å²) in [4.78, 5) is 0. The van der Waals surface area contributed by atoms with Crippen molar-refractivity contribution < 1.29 is 17.6 Å². The van der Waals surface area contributed by atoms with Crippen molar-refractivity contribution in [3.63, 3.8) is 0 Å². The molecule has 2 rings (SSSR count). The van der Waals surface area contributed by atoms with Crippen LogP contribution < -0.4 is 5.32 Å². The fourth-order valence-corrected chi connectivity index (χ4v) is 1.91. The van der Waals surface area contributed by atoms with Crippen LogP contribution >= 0.6 is 0 Å². The first-order valence-electron chi connectivity index (χ1n) is 6.05. The lowest BCUT2D eigenvalue weighted by atomic mass is 9.99. The van der Waals surface area contributed by atoms with Crippen LogP contribution in [-0.4, -0.2) is 7.05 Å². The van der Waals surface area contributed by atoms with Gasteiger partial charge in [-0.05, 0) is 49.4 Å². The molecule has 0 saturated carbocycles. The van der Waals surface area contributed by atoms with Gasteiger partial charge in [0.2, 0.25) is 0 Å². The predicted molar refractivity (Wildman–Crippen MR) is 69.2 cm³/mol. The molecule has 0 aromatic heterocycles. The molecule has 0 amide bonds. The fraction of sp³-hybridized carbons (Fsp3) is 0.200. The summed E-state index contributed by atoms with van der Waals surface area (Å²) in [6, 6.07) is 5.80. The molecule has 0 radical (unpaired) electrons. The fourth-order valence-electron chi connectivity index (χ4n) is 1.91. The van der Waals surface area contributed by atoms with E-state index in [1.807, 2.05) is 6.92 Å². The molecule has 1 N–H and O–H groups in total. The smallest absolute Gasteiger partial charge is 0.194 e. The zero-order chi connectivity index (χ0) is 14.9. The Kier molecular flexibility index (Phi) is 4.09. The molecule has 1 atom stereocenters. The van der Waals surface area contributed by atoms with Crippen LogP contribution in [-0.2, 0) is 0 Å². The summed E-state index contributed by atoms with van der Waals surface area (Å²) in [6.07, 6.45) is 0. The van der Waals surface area contributed by atoms with E-state index >= 15 is 0 Å². The maximum atomic E-state index is 13.8. The van der Waals surface area contributed by atoms with Crippen LogP contribution in [0, 0.1) is 23.3 Å². The summed E-state index contributed by atoms with van der Waals surface area (Å²) in [5.41, 5.74) is 0.750. The highest BCUT2D eigenvalue weighted by Gasteiger charge is 2.15. The Balaban J connectivity index is 2.57. The zero-order valence-electron chi connectivity index (χ0n) is 11.0. The van der Waals surface area contributed by atoms with Crippen LogP contribution in [0.1, 0.15) is 18.5 Å². The minimum Gasteiger partial charge on any atom is -0.313 e. The summed E-state index contributed by atoms with van der Waals surface area (Å²) < 4.78 is 53.2. The van der Waals surface area contributed by atoms with Gasteiger partial charge in [-0.3, -0.25) is 0 Å². The molecule has 0 spiro atoms. The quantitative estimate of drug-likeness (QED) is 0.658. The lowest BCUT2D eigenvalue weighted by molar-refractivity contribution is 0.447. The van der Waals surface area contributed by atoms with Gasteiger partial charge in [0.25, 0.3) is 0 Å². The Morgan fingerprint density at radius 3 is 2.05 bits per heavy atom. The van der Waals surface area contributed by atoms with E-state index in [9.17, 15) is 17.6 Å². The third kappa shape index (κ3) is 2.67. The molecule has 0 aliphatic heterocycles. The zero-order valence-corrected chi connectivity index (χ0v) is 11.0. The van der Waals surface area contributed by atoms with Crippen molar-refractivity contribution in [2.45, 2.75) is 13.0 Å². The molecule has 2 aromatic rings. The van der Waals surface area contributed by atoms with Gasteiger partial charge in [-0.25, -0.2) is 17.6 Å². The van der Waals surface area contributed by atoms with Gasteiger partial charge in [-0.2, -0.15) is 0 Å². The van der Waals surface area contributed by atoms with E-state index < -0.39 is 23.3 Å². The van der Waals surface area contributed by atoms with E-state index in [4.69, 9.17) is 0 Å². The second kappa shape index (κ2) is 5.63. The number of benzene rings is 2. The number of halogens is 4. The average molecular weight is 283 g/mol. The number of hydrogen-bond donors (Lipinski definition) is 1. The molecular weight excluding hydrogens is 270 g/mol. The number of nitrogens with one attached hydrogen (secondary N) is 1. The van der Waals surface area contributed by atoms with E-state index in [1.165, 1.54) is 12.1 Å². The Morgan fingerprint density at radius 1 is 0.900 bits per heavy atom. The second-order valence-corrected chi connectivity index (χ2v) is 4.50. The van der Waals surface area contributed by atoms with Gasteiger partial charge in [0, 0.05) is 11.6 Å². The highest BCUT2D eigenvalue weighted by molar-refractivity contribution is 5.65. The van der Waals surface area contributed by atoms with Gasteiger partial charge in [-0.15, -0.1) is 0 Å². The van der Waals surface area contributed by atoms with Crippen molar-refractivity contribution in [1.82, 2.24) is 5.32 Å². The normalized spacial score (nSPS) is 12.5. The molecule has 5 heteroatoms. The molecule has 0 bridgehead atoms. The van der Waals surface area contributed by atoms with Crippen LogP contribution in [0.4, 0.5) is 17.6 Å². The van der Waals surface area contributed by atoms with Crippen molar-refractivity contribution >= 4 is 0 Å². The van der Waals surface area contributed by atoms with Crippen molar-refractivity contribution in [3.8, 4) is 11.1 Å². The molecule has 106 valence electrons. The topological polar surface area (TPSA) is 12.0 Å². The number of hydrogen-bond acceptors (Lipinski definition) is 1. The first-order chi connectivity index (χ1) is 9.43. The monoisotopic (exact) mass is 283 g/mol. The van der Waals surface area contributed by atoms with Gasteiger partial charge in [-0.1, -0.05) is 6.07 Å². The van der Waals surface area contributed by atoms with Crippen LogP contribution in [0.2, 0.25) is 0 Å². The molecule has 0 aliphatic rings. The van der Waals surface area contributed by atoms with E-state index in [-0.39, 0.29) is 17.2 Å². The molecular formula is C15H13F4N. The Hall–Kier alpha value is -1.88. The van der Waals surface area contributed by atoms with Gasteiger partial charge in [0.1, 0.15) is 5.82 Å². The highest BCUT2D eigenvalue weighted by Crippen LogP contribution is 2.28. The lowest BCUT2D eigenvalue weighted by Crippen LogP contribution is -2.12. The van der Waals surface area contributed by atoms with Crippen LogP contribution in [0.25, 0.3) is 11.1 Å². The molecule has 1 nitrogen and oxygen atoms in total. The van der Waals surface area contributed by atoms with Crippen LogP contribution in [0.3, 0.4) is 0 Å². The van der Waals surface area contributed by atoms with E-state index in [0.717, 1.165) is 17.7 Å². The maximum Gasteiger partial charge on any atom is 0.194 e. The van der Waals surface area contributed by atoms with Gasteiger partial charge in [0.05, 0.1) is 0 Å². The summed E-state index contributed by atoms with van der Waals surface area (Å²) in [5.74, 6) is -4.87. The first-order valence-corrected chi connectivity index (χ1v) is 6.05. The molecule has 2 aromatic carbocycles. The van der Waals surface area contributed by atoms with E-state index in [2.05, 4.69) is 5.32 Å². The lowest BCUT2D eigenvalue weighted by Gasteiger charge is -2.13. The third-order valence-electron chi connectivity index (χ3n) is 3.22. The standard InChI is InChI=1S/C15H13F4N/c1-8(20-2)9-3-4-12(16)11(5-9)10-6-13(17)15(19)14(18)7-10/h3-8,20H,1-2H3. The molecule has 0 fully saturated rings. The van der Waals surface area contributed by atoms with Crippen LogP contribution in [0.5, 0.6) is 0 Å². The molecule has 20 heavy (non-hydrogen) atoms.